The van der Waals surface area contributed by atoms with Crippen molar-refractivity contribution in [3.8, 4) is 0 Å². The Morgan fingerprint density at radius 1 is 1.23 bits per heavy atom. The normalized spacial score (nSPS) is 19.6. The molecular weight excluding hydrogens is 302 g/mol. The van der Waals surface area contributed by atoms with Gasteiger partial charge in [0.05, 0.1) is 17.3 Å². The van der Waals surface area contributed by atoms with Crippen LogP contribution >= 0.6 is 11.6 Å². The van der Waals surface area contributed by atoms with Crippen molar-refractivity contribution >= 4 is 17.3 Å². The van der Waals surface area contributed by atoms with Crippen LogP contribution in [-0.2, 0) is 6.54 Å². The Hall–Kier alpha value is -1.66. The molecule has 2 aromatic rings. The third-order valence-corrected chi connectivity index (χ3v) is 4.53. The lowest BCUT2D eigenvalue weighted by Crippen LogP contribution is -2.46. The maximum absolute atomic E-state index is 6.21. The zero-order chi connectivity index (χ0) is 14.9. The molecule has 0 spiro atoms. The molecule has 2 aromatic heterocycles. The van der Waals surface area contributed by atoms with Crippen LogP contribution in [0.15, 0.2) is 23.0 Å². The lowest BCUT2D eigenvalue weighted by molar-refractivity contribution is 0.240. The van der Waals surface area contributed by atoms with Gasteiger partial charge in [-0.1, -0.05) is 16.8 Å². The Morgan fingerprint density at radius 2 is 2.05 bits per heavy atom. The molecule has 0 radical (unpaired) electrons. The van der Waals surface area contributed by atoms with Crippen molar-refractivity contribution in [2.75, 3.05) is 31.1 Å². The molecule has 0 unspecified atom stereocenters. The molecule has 1 aliphatic heterocycles. The first-order valence-corrected chi connectivity index (χ1v) is 8.07. The fourth-order valence-corrected chi connectivity index (χ4v) is 3.04. The molecule has 1 aliphatic carbocycles. The minimum Gasteiger partial charge on any atom is -0.368 e. The summed E-state index contributed by atoms with van der Waals surface area (Å²) in [6, 6.07) is 1.97. The van der Waals surface area contributed by atoms with Crippen LogP contribution in [0.3, 0.4) is 0 Å². The van der Waals surface area contributed by atoms with Crippen LogP contribution < -0.4 is 4.90 Å². The van der Waals surface area contributed by atoms with E-state index in [1.165, 1.54) is 12.8 Å². The highest BCUT2D eigenvalue weighted by molar-refractivity contribution is 6.33. The van der Waals surface area contributed by atoms with Crippen molar-refractivity contribution in [1.29, 1.82) is 0 Å². The Bertz CT molecular complexity index is 649. The van der Waals surface area contributed by atoms with Gasteiger partial charge in [0.1, 0.15) is 0 Å². The van der Waals surface area contributed by atoms with Gasteiger partial charge in [-0.2, -0.15) is 4.98 Å². The summed E-state index contributed by atoms with van der Waals surface area (Å²) in [5.41, 5.74) is 1.06. The van der Waals surface area contributed by atoms with Crippen molar-refractivity contribution in [3.05, 3.63) is 35.2 Å². The third-order valence-electron chi connectivity index (χ3n) is 4.24. The lowest BCUT2D eigenvalue weighted by atomic mass is 10.2. The smallest absolute Gasteiger partial charge is 0.229 e. The topological polar surface area (TPSA) is 58.3 Å². The fourth-order valence-electron chi connectivity index (χ4n) is 2.80. The van der Waals surface area contributed by atoms with Crippen molar-refractivity contribution in [3.63, 3.8) is 0 Å². The summed E-state index contributed by atoms with van der Waals surface area (Å²) in [4.78, 5) is 13.2. The number of halogens is 1. The van der Waals surface area contributed by atoms with E-state index in [2.05, 4.69) is 24.9 Å². The number of aromatic nitrogens is 3. The molecule has 2 fully saturated rings. The molecule has 0 N–H and O–H groups in total. The summed E-state index contributed by atoms with van der Waals surface area (Å²) < 4.78 is 5.31. The molecule has 1 saturated carbocycles. The highest BCUT2D eigenvalue weighted by Gasteiger charge is 2.30. The van der Waals surface area contributed by atoms with Gasteiger partial charge in [-0.05, 0) is 18.9 Å². The van der Waals surface area contributed by atoms with Gasteiger partial charge < -0.3 is 9.42 Å². The molecule has 22 heavy (non-hydrogen) atoms. The first-order valence-electron chi connectivity index (χ1n) is 7.69. The minimum atomic E-state index is 0.520. The second-order valence-corrected chi connectivity index (χ2v) is 6.32. The van der Waals surface area contributed by atoms with Gasteiger partial charge in [0, 0.05) is 44.5 Å². The van der Waals surface area contributed by atoms with Crippen molar-refractivity contribution in [1.82, 2.24) is 20.0 Å². The monoisotopic (exact) mass is 319 g/mol. The van der Waals surface area contributed by atoms with Gasteiger partial charge in [-0.15, -0.1) is 0 Å². The molecule has 0 amide bonds. The summed E-state index contributed by atoms with van der Waals surface area (Å²) in [7, 11) is 0. The van der Waals surface area contributed by atoms with Crippen LogP contribution in [-0.4, -0.2) is 46.2 Å². The van der Waals surface area contributed by atoms with Crippen molar-refractivity contribution < 1.29 is 4.52 Å². The molecule has 0 aromatic carbocycles. The van der Waals surface area contributed by atoms with Crippen LogP contribution in [0.4, 0.5) is 5.69 Å². The van der Waals surface area contributed by atoms with Crippen LogP contribution in [0.2, 0.25) is 5.02 Å². The number of nitrogens with zero attached hydrogens (tertiary/aromatic N) is 5. The largest absolute Gasteiger partial charge is 0.368 e. The van der Waals surface area contributed by atoms with E-state index in [0.29, 0.717) is 10.9 Å². The Labute approximate surface area is 134 Å². The highest BCUT2D eigenvalue weighted by atomic mass is 35.5. The predicted molar refractivity (Wildman–Crippen MR) is 83.0 cm³/mol. The summed E-state index contributed by atoms with van der Waals surface area (Å²) >= 11 is 6.21. The molecule has 116 valence electrons. The van der Waals surface area contributed by atoms with Crippen molar-refractivity contribution in [2.24, 2.45) is 0 Å². The molecule has 0 bridgehead atoms. The van der Waals surface area contributed by atoms with Gasteiger partial charge >= 0.3 is 0 Å². The van der Waals surface area contributed by atoms with Gasteiger partial charge in [0.25, 0.3) is 0 Å². The molecule has 2 aliphatic rings. The number of hydrogen-bond acceptors (Lipinski definition) is 6. The standard InChI is InChI=1S/C15H18ClN5O/c16-12-9-17-4-3-13(12)21-7-5-20(6-8-21)10-14-18-15(22-19-14)11-1-2-11/h3-4,9,11H,1-2,5-8,10H2. The van der Waals surface area contributed by atoms with E-state index in [-0.39, 0.29) is 0 Å². The van der Waals surface area contributed by atoms with Gasteiger partial charge in [0.2, 0.25) is 5.89 Å². The second kappa shape index (κ2) is 5.85. The number of anilines is 1. The van der Waals surface area contributed by atoms with E-state index < -0.39 is 0 Å². The molecule has 3 heterocycles. The third kappa shape index (κ3) is 2.94. The maximum Gasteiger partial charge on any atom is 0.229 e. The Morgan fingerprint density at radius 3 is 2.77 bits per heavy atom. The molecule has 7 heteroatoms. The SMILES string of the molecule is Clc1cnccc1N1CCN(Cc2noc(C3CC3)n2)CC1. The molecule has 1 saturated heterocycles. The maximum atomic E-state index is 6.21. The summed E-state index contributed by atoms with van der Waals surface area (Å²) in [6.45, 7) is 4.57. The predicted octanol–water partition coefficient (Wildman–Crippen LogP) is 2.32. The quantitative estimate of drug-likeness (QED) is 0.862. The second-order valence-electron chi connectivity index (χ2n) is 5.91. The van der Waals surface area contributed by atoms with Crippen LogP contribution in [0.5, 0.6) is 0 Å². The van der Waals surface area contributed by atoms with Crippen LogP contribution in [0.1, 0.15) is 30.5 Å². The van der Waals surface area contributed by atoms with E-state index in [4.69, 9.17) is 16.1 Å². The van der Waals surface area contributed by atoms with E-state index >= 15 is 0 Å². The molecule has 6 nitrogen and oxygen atoms in total. The van der Waals surface area contributed by atoms with Gasteiger partial charge in [0.15, 0.2) is 5.82 Å². The van der Waals surface area contributed by atoms with Crippen molar-refractivity contribution in [2.45, 2.75) is 25.3 Å². The van der Waals surface area contributed by atoms with Gasteiger partial charge in [-0.3, -0.25) is 9.88 Å². The molecular formula is C15H18ClN5O. The molecule has 0 atom stereocenters. The number of pyridine rings is 1. The Kier molecular flexibility index (Phi) is 3.72. The summed E-state index contributed by atoms with van der Waals surface area (Å²) in [5.74, 6) is 2.14. The lowest BCUT2D eigenvalue weighted by Gasteiger charge is -2.35. The van der Waals surface area contributed by atoms with Crippen LogP contribution in [0, 0.1) is 0 Å². The van der Waals surface area contributed by atoms with Gasteiger partial charge in [-0.25, -0.2) is 0 Å². The first kappa shape index (κ1) is 14.0. The average molecular weight is 320 g/mol. The zero-order valence-electron chi connectivity index (χ0n) is 12.3. The van der Waals surface area contributed by atoms with Crippen LogP contribution in [0.25, 0.3) is 0 Å². The summed E-state index contributed by atoms with van der Waals surface area (Å²) in [6.07, 6.45) is 5.86. The van der Waals surface area contributed by atoms with E-state index in [1.54, 1.807) is 12.4 Å². The van der Waals surface area contributed by atoms with E-state index in [0.717, 1.165) is 50.1 Å². The summed E-state index contributed by atoms with van der Waals surface area (Å²) in [5, 5.41) is 4.80. The van der Waals surface area contributed by atoms with E-state index in [1.807, 2.05) is 6.07 Å². The van der Waals surface area contributed by atoms with E-state index in [9.17, 15) is 0 Å². The number of rotatable bonds is 4. The first-order chi connectivity index (χ1) is 10.8. The molecule has 4 rings (SSSR count). The number of piperazine rings is 1. The average Bonchev–Trinajstić information content (AvgIpc) is 3.29. The fraction of sp³-hybridized carbons (Fsp3) is 0.533. The zero-order valence-corrected chi connectivity index (χ0v) is 13.0. The highest BCUT2D eigenvalue weighted by Crippen LogP contribution is 2.38. The number of hydrogen-bond donors (Lipinski definition) is 0. The Balaban J connectivity index is 1.34. The minimum absolute atomic E-state index is 0.520.